The van der Waals surface area contributed by atoms with E-state index < -0.39 is 5.97 Å². The highest BCUT2D eigenvalue weighted by atomic mass is 32.2. The number of carboxylic acids is 1. The molecule has 0 bridgehead atoms. The number of carboxylic acid groups (broad SMARTS) is 1. The fraction of sp³-hybridized carbons (Fsp3) is 0.522. The average molecular weight is 504 g/mol. The Morgan fingerprint density at radius 1 is 1.18 bits per heavy atom. The van der Waals surface area contributed by atoms with Crippen LogP contribution in [0.3, 0.4) is 0 Å². The van der Waals surface area contributed by atoms with Crippen molar-refractivity contribution < 1.29 is 14.7 Å². The number of amides is 1. The predicted octanol–water partition coefficient (Wildman–Crippen LogP) is 2.16. The van der Waals surface area contributed by atoms with Gasteiger partial charge in [-0.1, -0.05) is 30.4 Å². The molecule has 0 aliphatic carbocycles. The molecule has 1 N–H and O–H groups in total. The van der Waals surface area contributed by atoms with E-state index >= 15 is 0 Å². The van der Waals surface area contributed by atoms with E-state index in [4.69, 9.17) is 17.3 Å². The molecule has 2 aliphatic heterocycles. The second kappa shape index (κ2) is 11.2. The molecule has 0 radical (unpaired) electrons. The Balaban J connectivity index is 1.92. The zero-order valence-corrected chi connectivity index (χ0v) is 21.3. The molecule has 182 valence electrons. The van der Waals surface area contributed by atoms with Crippen LogP contribution in [-0.2, 0) is 16.6 Å². The largest absolute Gasteiger partial charge is 0.481 e. The molecule has 2 aliphatic rings. The number of piperazine rings is 1. The van der Waals surface area contributed by atoms with Crippen LogP contribution in [-0.4, -0.2) is 75.4 Å². The number of aliphatic carboxylic acids is 1. The number of unbranched alkanes of at least 4 members (excludes halogenated alkanes) is 2. The number of aromatic nitrogens is 1. The Labute approximate surface area is 208 Å². The lowest BCUT2D eigenvalue weighted by atomic mass is 10.0. The fourth-order valence-corrected chi connectivity index (χ4v) is 5.45. The minimum atomic E-state index is -0.825. The van der Waals surface area contributed by atoms with E-state index in [0.29, 0.717) is 52.0 Å². The third-order valence-corrected chi connectivity index (χ3v) is 7.57. The minimum absolute atomic E-state index is 0.0699. The number of nitriles is 1. The first-order valence-electron chi connectivity index (χ1n) is 11.2. The number of pyridine rings is 1. The molecular formula is C23H29N5O4S2. The van der Waals surface area contributed by atoms with Gasteiger partial charge in [0.15, 0.2) is 0 Å². The molecule has 2 fully saturated rings. The highest BCUT2D eigenvalue weighted by Crippen LogP contribution is 2.36. The summed E-state index contributed by atoms with van der Waals surface area (Å²) in [6.07, 6.45) is 3.79. The molecule has 3 rings (SSSR count). The van der Waals surface area contributed by atoms with E-state index in [0.717, 1.165) is 26.2 Å². The maximum absolute atomic E-state index is 13.1. The van der Waals surface area contributed by atoms with Crippen LogP contribution in [0.2, 0.25) is 0 Å². The summed E-state index contributed by atoms with van der Waals surface area (Å²) in [4.78, 5) is 43.0. The first kappa shape index (κ1) is 25.9. The number of hydrogen-bond donors (Lipinski definition) is 1. The lowest BCUT2D eigenvalue weighted by Gasteiger charge is -2.36. The fourth-order valence-electron chi connectivity index (χ4n) is 4.16. The Kier molecular flexibility index (Phi) is 8.52. The predicted molar refractivity (Wildman–Crippen MR) is 137 cm³/mol. The second-order valence-corrected chi connectivity index (χ2v) is 10.2. The third kappa shape index (κ3) is 5.51. The normalized spacial score (nSPS) is 18.1. The Bertz CT molecular complexity index is 1130. The minimum Gasteiger partial charge on any atom is -0.481 e. The third-order valence-electron chi connectivity index (χ3n) is 6.19. The summed E-state index contributed by atoms with van der Waals surface area (Å²) in [6.45, 7) is 5.32. The van der Waals surface area contributed by atoms with Crippen LogP contribution in [0.4, 0.5) is 5.82 Å². The van der Waals surface area contributed by atoms with Crippen molar-refractivity contribution in [3.63, 3.8) is 0 Å². The van der Waals surface area contributed by atoms with Gasteiger partial charge in [-0.2, -0.15) is 5.26 Å². The van der Waals surface area contributed by atoms with Crippen molar-refractivity contribution in [3.05, 3.63) is 31.9 Å². The number of thioether (sulfide) groups is 1. The molecule has 0 spiro atoms. The van der Waals surface area contributed by atoms with Crippen LogP contribution in [0.25, 0.3) is 6.08 Å². The van der Waals surface area contributed by atoms with Crippen LogP contribution in [0.5, 0.6) is 0 Å². The number of carbonyl (C=O) groups is 2. The first-order valence-corrected chi connectivity index (χ1v) is 12.4. The average Bonchev–Trinajstić information content (AvgIpc) is 3.05. The van der Waals surface area contributed by atoms with Crippen LogP contribution >= 0.6 is 24.0 Å². The molecular weight excluding hydrogens is 474 g/mol. The SMILES string of the molecule is Cc1c(C=C2SC(=S)N(CCCCCC(=O)O)C2=O)c(N2CCN(C)CC2)n(C)c(=O)c1C#N. The van der Waals surface area contributed by atoms with Crippen LogP contribution < -0.4 is 10.5 Å². The zero-order chi connectivity index (χ0) is 25.0. The molecule has 1 amide bonds. The molecule has 0 unspecified atom stereocenters. The highest BCUT2D eigenvalue weighted by molar-refractivity contribution is 8.26. The van der Waals surface area contributed by atoms with Gasteiger partial charge in [-0.15, -0.1) is 0 Å². The highest BCUT2D eigenvalue weighted by Gasteiger charge is 2.33. The summed E-state index contributed by atoms with van der Waals surface area (Å²) in [5.41, 5.74) is 0.962. The lowest BCUT2D eigenvalue weighted by molar-refractivity contribution is -0.137. The summed E-state index contributed by atoms with van der Waals surface area (Å²) in [6, 6.07) is 2.02. The maximum atomic E-state index is 13.1. The number of thiocarbonyl (C=S) groups is 1. The molecule has 0 atom stereocenters. The van der Waals surface area contributed by atoms with Crippen molar-refractivity contribution in [1.29, 1.82) is 5.26 Å². The van der Waals surface area contributed by atoms with E-state index in [9.17, 15) is 19.6 Å². The van der Waals surface area contributed by atoms with Gasteiger partial charge in [-0.3, -0.25) is 23.9 Å². The van der Waals surface area contributed by atoms with Gasteiger partial charge in [-0.25, -0.2) is 0 Å². The quantitative estimate of drug-likeness (QED) is 0.324. The Morgan fingerprint density at radius 3 is 2.47 bits per heavy atom. The van der Waals surface area contributed by atoms with Crippen LogP contribution in [0, 0.1) is 18.3 Å². The summed E-state index contributed by atoms with van der Waals surface area (Å²) in [7, 11) is 3.71. The number of likely N-dealkylation sites (N-methyl/N-ethyl adjacent to an activating group) is 1. The van der Waals surface area contributed by atoms with E-state index in [2.05, 4.69) is 9.80 Å². The summed E-state index contributed by atoms with van der Waals surface area (Å²) in [5.74, 6) is -0.327. The van der Waals surface area contributed by atoms with E-state index in [1.165, 1.54) is 16.3 Å². The van der Waals surface area contributed by atoms with Gasteiger partial charge in [0.1, 0.15) is 21.8 Å². The van der Waals surface area contributed by atoms with Crippen molar-refractivity contribution in [2.24, 2.45) is 7.05 Å². The molecule has 1 aromatic heterocycles. The lowest BCUT2D eigenvalue weighted by Crippen LogP contribution is -2.46. The van der Waals surface area contributed by atoms with Gasteiger partial charge in [0, 0.05) is 51.8 Å². The Morgan fingerprint density at radius 2 is 1.85 bits per heavy atom. The molecule has 1 aromatic rings. The zero-order valence-electron chi connectivity index (χ0n) is 19.7. The van der Waals surface area contributed by atoms with Gasteiger partial charge in [0.05, 0.1) is 4.91 Å². The number of nitrogens with zero attached hydrogens (tertiary/aromatic N) is 5. The van der Waals surface area contributed by atoms with E-state index in [1.54, 1.807) is 24.9 Å². The van der Waals surface area contributed by atoms with Crippen molar-refractivity contribution in [2.45, 2.75) is 32.6 Å². The second-order valence-electron chi connectivity index (χ2n) is 8.54. The van der Waals surface area contributed by atoms with Gasteiger partial charge >= 0.3 is 5.97 Å². The number of rotatable bonds is 8. The number of hydrogen-bond acceptors (Lipinski definition) is 8. The standard InChI is InChI=1S/C23H29N5O4S2/c1-15-16(13-18-22(32)28(23(33)34-18)8-6-4-5-7-19(29)30)20(26(3)21(31)17(15)14-24)27-11-9-25(2)10-12-27/h13H,4-12H2,1-3H3,(H,29,30). The smallest absolute Gasteiger partial charge is 0.303 e. The van der Waals surface area contributed by atoms with Gasteiger partial charge in [-0.05, 0) is 38.5 Å². The molecule has 9 nitrogen and oxygen atoms in total. The van der Waals surface area contributed by atoms with Crippen molar-refractivity contribution in [1.82, 2.24) is 14.4 Å². The number of anilines is 1. The van der Waals surface area contributed by atoms with Crippen LogP contribution in [0.1, 0.15) is 42.4 Å². The molecule has 0 saturated carbocycles. The van der Waals surface area contributed by atoms with Gasteiger partial charge in [0.2, 0.25) is 0 Å². The van der Waals surface area contributed by atoms with Gasteiger partial charge < -0.3 is 14.9 Å². The monoisotopic (exact) mass is 503 g/mol. The van der Waals surface area contributed by atoms with E-state index in [1.807, 2.05) is 13.1 Å². The molecule has 0 aromatic carbocycles. The molecule has 34 heavy (non-hydrogen) atoms. The Hall–Kier alpha value is -2.68. The van der Waals surface area contributed by atoms with Crippen molar-refractivity contribution >= 4 is 52.1 Å². The summed E-state index contributed by atoms with van der Waals surface area (Å²) >= 11 is 6.65. The maximum Gasteiger partial charge on any atom is 0.303 e. The van der Waals surface area contributed by atoms with E-state index in [-0.39, 0.29) is 23.5 Å². The first-order chi connectivity index (χ1) is 16.1. The molecule has 11 heteroatoms. The topological polar surface area (TPSA) is 110 Å². The summed E-state index contributed by atoms with van der Waals surface area (Å²) in [5, 5.41) is 18.4. The van der Waals surface area contributed by atoms with Crippen molar-refractivity contribution in [3.8, 4) is 6.07 Å². The molecule has 3 heterocycles. The van der Waals surface area contributed by atoms with Gasteiger partial charge in [0.25, 0.3) is 11.5 Å². The summed E-state index contributed by atoms with van der Waals surface area (Å²) < 4.78 is 1.96. The number of carbonyl (C=O) groups excluding carboxylic acids is 1. The van der Waals surface area contributed by atoms with Crippen molar-refractivity contribution in [2.75, 3.05) is 44.7 Å². The van der Waals surface area contributed by atoms with Crippen LogP contribution in [0.15, 0.2) is 9.70 Å². The molecule has 2 saturated heterocycles.